The van der Waals surface area contributed by atoms with Gasteiger partial charge in [0, 0.05) is 61.6 Å². The average Bonchev–Trinajstić information content (AvgIpc) is 4.14. The number of carbonyl (C=O) groups excluding carboxylic acids is 1. The number of aromatic nitrogens is 3. The van der Waals surface area contributed by atoms with E-state index >= 15 is 0 Å². The highest BCUT2D eigenvalue weighted by Crippen LogP contribution is 2.35. The molecule has 360 valence electrons. The highest BCUT2D eigenvalue weighted by molar-refractivity contribution is 5.85. The fourth-order valence-electron chi connectivity index (χ4n) is 7.99. The SMILES string of the molecule is CC(CC1CC1)Nc1cc(N2CCOC[C@@H]2C)ncc1N.CC(Nc1cc(NC(=O)OC(C)(C)C)ncc1N)c1ccccc1.C[C@@H](Nc1cc(C2CCOCC2)ncc1N)c1ccccc1. The van der Waals surface area contributed by atoms with Crippen molar-refractivity contribution in [2.24, 2.45) is 5.92 Å². The van der Waals surface area contributed by atoms with E-state index in [-0.39, 0.29) is 12.1 Å². The maximum atomic E-state index is 11.8. The van der Waals surface area contributed by atoms with Crippen LogP contribution in [-0.2, 0) is 14.2 Å². The Hall–Kier alpha value is -6.32. The fourth-order valence-corrected chi connectivity index (χ4v) is 7.99. The fraction of sp³-hybridized carbons (Fsp3) is 0.462. The number of nitrogens with zero attached hydrogens (tertiary/aromatic N) is 4. The van der Waals surface area contributed by atoms with Crippen molar-refractivity contribution in [1.82, 2.24) is 15.0 Å². The number of carbonyl (C=O) groups is 1. The first-order chi connectivity index (χ1) is 32.1. The molecule has 0 bridgehead atoms. The predicted molar refractivity (Wildman–Crippen MR) is 274 cm³/mol. The number of ether oxygens (including phenoxy) is 3. The minimum absolute atomic E-state index is 0.0604. The van der Waals surface area contributed by atoms with Crippen molar-refractivity contribution < 1.29 is 19.0 Å². The summed E-state index contributed by atoms with van der Waals surface area (Å²) in [4.78, 5) is 27.3. The number of hydrogen-bond donors (Lipinski definition) is 7. The lowest BCUT2D eigenvalue weighted by atomic mass is 9.95. The van der Waals surface area contributed by atoms with Gasteiger partial charge < -0.3 is 52.3 Å². The summed E-state index contributed by atoms with van der Waals surface area (Å²) < 4.78 is 16.1. The quantitative estimate of drug-likeness (QED) is 0.0586. The van der Waals surface area contributed by atoms with E-state index in [9.17, 15) is 4.79 Å². The van der Waals surface area contributed by atoms with E-state index in [0.717, 1.165) is 85.9 Å². The third kappa shape index (κ3) is 15.9. The molecule has 15 nitrogen and oxygen atoms in total. The number of anilines is 8. The van der Waals surface area contributed by atoms with E-state index in [1.807, 2.05) is 43.3 Å². The second-order valence-corrected chi connectivity index (χ2v) is 18.9. The summed E-state index contributed by atoms with van der Waals surface area (Å²) in [6.45, 7) is 18.0. The topological polar surface area (TPSA) is 213 Å². The molecule has 67 heavy (non-hydrogen) atoms. The van der Waals surface area contributed by atoms with Crippen molar-refractivity contribution in [1.29, 1.82) is 0 Å². The number of nitrogen functional groups attached to an aromatic ring is 3. The Balaban J connectivity index is 0.000000166. The molecule has 10 N–H and O–H groups in total. The Labute approximate surface area is 397 Å². The van der Waals surface area contributed by atoms with E-state index in [1.54, 1.807) is 39.2 Å². The van der Waals surface area contributed by atoms with Gasteiger partial charge in [-0.1, -0.05) is 73.5 Å². The van der Waals surface area contributed by atoms with E-state index in [4.69, 9.17) is 31.4 Å². The summed E-state index contributed by atoms with van der Waals surface area (Å²) in [5.74, 6) is 2.75. The Morgan fingerprint density at radius 3 is 1.85 bits per heavy atom. The molecule has 5 aromatic rings. The maximum Gasteiger partial charge on any atom is 0.413 e. The van der Waals surface area contributed by atoms with Gasteiger partial charge in [0.1, 0.15) is 17.2 Å². The van der Waals surface area contributed by atoms with Crippen molar-refractivity contribution in [2.45, 2.75) is 116 Å². The molecule has 4 atom stereocenters. The van der Waals surface area contributed by atoms with Crippen LogP contribution in [0.1, 0.15) is 115 Å². The Morgan fingerprint density at radius 2 is 1.28 bits per heavy atom. The highest BCUT2D eigenvalue weighted by atomic mass is 16.6. The molecule has 3 aliphatic rings. The van der Waals surface area contributed by atoms with Crippen molar-refractivity contribution in [2.75, 3.05) is 76.3 Å². The van der Waals surface area contributed by atoms with Crippen LogP contribution < -0.4 is 43.4 Å². The first-order valence-electron chi connectivity index (χ1n) is 23.7. The van der Waals surface area contributed by atoms with Crippen molar-refractivity contribution in [3.63, 3.8) is 0 Å². The number of pyridine rings is 3. The molecule has 1 amide bonds. The number of morpholine rings is 1. The van der Waals surface area contributed by atoms with Crippen LogP contribution in [0, 0.1) is 5.92 Å². The number of rotatable bonds is 13. The molecule has 1 saturated carbocycles. The van der Waals surface area contributed by atoms with Crippen LogP contribution in [0.25, 0.3) is 0 Å². The van der Waals surface area contributed by atoms with E-state index < -0.39 is 11.7 Å². The van der Waals surface area contributed by atoms with Gasteiger partial charge in [0.15, 0.2) is 0 Å². The summed E-state index contributed by atoms with van der Waals surface area (Å²) in [5, 5.41) is 13.0. The lowest BCUT2D eigenvalue weighted by Gasteiger charge is -2.34. The zero-order chi connectivity index (χ0) is 47.9. The summed E-state index contributed by atoms with van der Waals surface area (Å²) in [7, 11) is 0. The summed E-state index contributed by atoms with van der Waals surface area (Å²) in [5.41, 5.74) is 25.7. The first kappa shape index (κ1) is 50.1. The predicted octanol–water partition coefficient (Wildman–Crippen LogP) is 10.4. The smallest absolute Gasteiger partial charge is 0.413 e. The van der Waals surface area contributed by atoms with Gasteiger partial charge in [0.25, 0.3) is 0 Å². The van der Waals surface area contributed by atoms with Crippen LogP contribution in [0.4, 0.5) is 50.6 Å². The lowest BCUT2D eigenvalue weighted by Crippen LogP contribution is -2.44. The van der Waals surface area contributed by atoms with Gasteiger partial charge in [0.2, 0.25) is 0 Å². The van der Waals surface area contributed by atoms with Crippen LogP contribution in [0.15, 0.2) is 97.5 Å². The number of nitrogens with one attached hydrogen (secondary N) is 4. The van der Waals surface area contributed by atoms with Gasteiger partial charge >= 0.3 is 6.09 Å². The third-order valence-electron chi connectivity index (χ3n) is 11.9. The molecule has 2 saturated heterocycles. The van der Waals surface area contributed by atoms with Crippen LogP contribution in [0.5, 0.6) is 0 Å². The number of nitrogens with two attached hydrogens (primary N) is 3. The summed E-state index contributed by atoms with van der Waals surface area (Å²) in [6, 6.07) is 27.3. The molecule has 2 aromatic carbocycles. The molecule has 2 unspecified atom stereocenters. The first-order valence-corrected chi connectivity index (χ1v) is 23.7. The van der Waals surface area contributed by atoms with Crippen molar-refractivity contribution >= 4 is 51.9 Å². The number of benzene rings is 2. The molecule has 2 aliphatic heterocycles. The Bertz CT molecular complexity index is 2300. The monoisotopic (exact) mass is 916 g/mol. The molecule has 5 heterocycles. The molecule has 1 aliphatic carbocycles. The molecule has 8 rings (SSSR count). The molecule has 15 heteroatoms. The van der Waals surface area contributed by atoms with Gasteiger partial charge in [-0.3, -0.25) is 10.3 Å². The lowest BCUT2D eigenvalue weighted by molar-refractivity contribution is 0.0635. The van der Waals surface area contributed by atoms with Crippen LogP contribution in [-0.4, -0.2) is 71.7 Å². The molecule has 3 fully saturated rings. The molecule has 0 radical (unpaired) electrons. The van der Waals surface area contributed by atoms with Gasteiger partial charge in [-0.15, -0.1) is 0 Å². The second kappa shape index (κ2) is 23.9. The summed E-state index contributed by atoms with van der Waals surface area (Å²) in [6.07, 6.45) is 10.5. The zero-order valence-electron chi connectivity index (χ0n) is 40.4. The Morgan fingerprint density at radius 1 is 0.731 bits per heavy atom. The highest BCUT2D eigenvalue weighted by Gasteiger charge is 2.25. The number of hydrogen-bond acceptors (Lipinski definition) is 14. The third-order valence-corrected chi connectivity index (χ3v) is 11.9. The van der Waals surface area contributed by atoms with Crippen molar-refractivity contribution in [3.05, 3.63) is 114 Å². The molecule has 0 spiro atoms. The van der Waals surface area contributed by atoms with E-state index in [1.165, 1.54) is 31.0 Å². The van der Waals surface area contributed by atoms with Gasteiger partial charge in [-0.05, 0) is 90.8 Å². The minimum Gasteiger partial charge on any atom is -0.444 e. The summed E-state index contributed by atoms with van der Waals surface area (Å²) >= 11 is 0. The van der Waals surface area contributed by atoms with Gasteiger partial charge in [-0.2, -0.15) is 0 Å². The second-order valence-electron chi connectivity index (χ2n) is 18.9. The van der Waals surface area contributed by atoms with Gasteiger partial charge in [-0.25, -0.2) is 14.8 Å². The molecular formula is C52H73N11O4. The standard InChI is InChI=1S/C18H24N4O2.C18H23N3O.C16H26N4O/c1-12(13-8-6-5-7-9-13)21-15-10-16(20-11-14(15)19)22-17(23)24-18(2,3)4;1-13(14-5-3-2-4-6-14)21-18-11-17(20-12-16(18)19)15-7-9-22-10-8-15;1-11(7-13-3-4-13)19-15-8-16(18-9-14(15)17)20-5-6-21-10-12(20)2/h5-12H,19H2,1-4H3,(H2,20,21,22,23);2-6,11-13,15H,7-10,19H2,1H3,(H,20,21);8-9,11-13H,3-7,10,17H2,1-2H3,(H,18,19)/t;13-;11?,12-/m.10/s1. The largest absolute Gasteiger partial charge is 0.444 e. The zero-order valence-corrected chi connectivity index (χ0v) is 40.4. The van der Waals surface area contributed by atoms with Crippen LogP contribution >= 0.6 is 0 Å². The normalized spacial score (nSPS) is 17.5. The van der Waals surface area contributed by atoms with Crippen LogP contribution in [0.3, 0.4) is 0 Å². The molecular weight excluding hydrogens is 843 g/mol. The minimum atomic E-state index is -0.569. The van der Waals surface area contributed by atoms with E-state index in [0.29, 0.717) is 40.9 Å². The number of amides is 1. The average molecular weight is 916 g/mol. The van der Waals surface area contributed by atoms with E-state index in [2.05, 4.69) is 98.3 Å². The molecule has 3 aromatic heterocycles. The van der Waals surface area contributed by atoms with Crippen molar-refractivity contribution in [3.8, 4) is 0 Å². The Kier molecular flexibility index (Phi) is 17.9. The van der Waals surface area contributed by atoms with Crippen LogP contribution in [0.2, 0.25) is 0 Å². The van der Waals surface area contributed by atoms with Gasteiger partial charge in [0.05, 0.1) is 72.0 Å². The maximum absolute atomic E-state index is 11.8.